The molecule has 5 aliphatic carbocycles. The maximum Gasteiger partial charge on any atom is 0.0594 e. The summed E-state index contributed by atoms with van der Waals surface area (Å²) in [5.41, 5.74) is 3.04. The molecular formula is C29H48O2. The van der Waals surface area contributed by atoms with Crippen LogP contribution >= 0.6 is 0 Å². The Morgan fingerprint density at radius 3 is 2.32 bits per heavy atom. The van der Waals surface area contributed by atoms with E-state index in [0.717, 1.165) is 18.8 Å². The predicted molar refractivity (Wildman–Crippen MR) is 128 cm³/mol. The van der Waals surface area contributed by atoms with Crippen molar-refractivity contribution in [1.82, 2.24) is 0 Å². The van der Waals surface area contributed by atoms with Crippen LogP contribution in [0, 0.1) is 50.7 Å². The second kappa shape index (κ2) is 6.84. The Kier molecular flexibility index (Phi) is 4.96. The van der Waals surface area contributed by atoms with Crippen LogP contribution in [-0.4, -0.2) is 22.9 Å². The van der Waals surface area contributed by atoms with E-state index in [1.807, 2.05) is 0 Å². The van der Waals surface area contributed by atoms with Gasteiger partial charge in [-0.25, -0.2) is 0 Å². The summed E-state index contributed by atoms with van der Waals surface area (Å²) in [6.45, 7) is 15.2. The summed E-state index contributed by atoms with van der Waals surface area (Å²) >= 11 is 0. The molecule has 0 bridgehead atoms. The molecule has 4 fully saturated rings. The first-order valence-electron chi connectivity index (χ1n) is 13.4. The van der Waals surface area contributed by atoms with E-state index in [0.29, 0.717) is 40.6 Å². The van der Waals surface area contributed by atoms with Gasteiger partial charge in [0.2, 0.25) is 0 Å². The van der Waals surface area contributed by atoms with Crippen LogP contribution in [0.4, 0.5) is 0 Å². The molecule has 2 nitrogen and oxygen atoms in total. The van der Waals surface area contributed by atoms with Crippen LogP contribution in [0.15, 0.2) is 11.6 Å². The van der Waals surface area contributed by atoms with Crippen LogP contribution in [0.25, 0.3) is 0 Å². The smallest absolute Gasteiger partial charge is 0.0594 e. The van der Waals surface area contributed by atoms with Crippen LogP contribution < -0.4 is 0 Å². The van der Waals surface area contributed by atoms with Crippen molar-refractivity contribution in [2.45, 2.75) is 112 Å². The molecule has 0 radical (unpaired) electrons. The molecule has 4 saturated carbocycles. The fraction of sp³-hybridized carbons (Fsp3) is 0.931. The van der Waals surface area contributed by atoms with Gasteiger partial charge in [-0.3, -0.25) is 0 Å². The summed E-state index contributed by atoms with van der Waals surface area (Å²) in [6, 6.07) is 0. The number of aliphatic hydroxyl groups excluding tert-OH is 2. The molecule has 0 aromatic carbocycles. The van der Waals surface area contributed by atoms with Crippen molar-refractivity contribution in [3.63, 3.8) is 0 Å². The molecule has 0 saturated heterocycles. The lowest BCUT2D eigenvalue weighted by atomic mass is 9.37. The van der Waals surface area contributed by atoms with Crippen molar-refractivity contribution < 1.29 is 10.2 Å². The molecule has 5 rings (SSSR count). The third kappa shape index (κ3) is 2.95. The van der Waals surface area contributed by atoms with Crippen LogP contribution in [0.3, 0.4) is 0 Å². The summed E-state index contributed by atoms with van der Waals surface area (Å²) < 4.78 is 0. The topological polar surface area (TPSA) is 40.5 Å². The Bertz CT molecular complexity index is 765. The van der Waals surface area contributed by atoms with E-state index in [-0.39, 0.29) is 16.9 Å². The molecule has 31 heavy (non-hydrogen) atoms. The highest BCUT2D eigenvalue weighted by Gasteiger charge is 2.64. The third-order valence-corrected chi connectivity index (χ3v) is 12.2. The average molecular weight is 429 g/mol. The van der Waals surface area contributed by atoms with Crippen LogP contribution in [0.5, 0.6) is 0 Å². The van der Waals surface area contributed by atoms with Gasteiger partial charge in [-0.1, -0.05) is 53.2 Å². The highest BCUT2D eigenvalue weighted by molar-refractivity contribution is 5.31. The molecule has 176 valence electrons. The van der Waals surface area contributed by atoms with Gasteiger partial charge in [0.1, 0.15) is 0 Å². The van der Waals surface area contributed by atoms with Crippen LogP contribution in [0.1, 0.15) is 106 Å². The molecule has 0 amide bonds. The minimum atomic E-state index is -0.144. The van der Waals surface area contributed by atoms with E-state index in [9.17, 15) is 10.2 Å². The highest BCUT2D eigenvalue weighted by atomic mass is 16.3. The van der Waals surface area contributed by atoms with Gasteiger partial charge < -0.3 is 10.2 Å². The Hall–Kier alpha value is -0.340. The molecule has 0 aromatic rings. The van der Waals surface area contributed by atoms with Gasteiger partial charge in [-0.2, -0.15) is 0 Å². The van der Waals surface area contributed by atoms with Crippen molar-refractivity contribution in [3.8, 4) is 0 Å². The second-order valence-electron chi connectivity index (χ2n) is 14.5. The first kappa shape index (κ1) is 22.5. The lowest BCUT2D eigenvalue weighted by Crippen LogP contribution is -2.61. The van der Waals surface area contributed by atoms with Gasteiger partial charge in [0.05, 0.1) is 6.10 Å². The van der Waals surface area contributed by atoms with Gasteiger partial charge in [0.15, 0.2) is 0 Å². The zero-order valence-corrected chi connectivity index (χ0v) is 21.1. The van der Waals surface area contributed by atoms with Crippen molar-refractivity contribution >= 4 is 0 Å². The Balaban J connectivity index is 1.52. The Morgan fingerprint density at radius 2 is 1.61 bits per heavy atom. The zero-order chi connectivity index (χ0) is 22.4. The number of allylic oxidation sites excluding steroid dienone is 2. The summed E-state index contributed by atoms with van der Waals surface area (Å²) in [7, 11) is 0. The fourth-order valence-electron chi connectivity index (χ4n) is 10.3. The van der Waals surface area contributed by atoms with E-state index in [2.05, 4.69) is 47.6 Å². The normalized spacial score (nSPS) is 52.8. The monoisotopic (exact) mass is 428 g/mol. The molecule has 0 aliphatic heterocycles. The lowest BCUT2D eigenvalue weighted by molar-refractivity contribution is -0.177. The van der Waals surface area contributed by atoms with E-state index in [4.69, 9.17) is 0 Å². The Labute approximate surface area is 191 Å². The maximum absolute atomic E-state index is 10.8. The highest BCUT2D eigenvalue weighted by Crippen LogP contribution is 2.72. The molecular weight excluding hydrogens is 380 g/mol. The van der Waals surface area contributed by atoms with Crippen molar-refractivity contribution in [2.75, 3.05) is 6.61 Å². The van der Waals surface area contributed by atoms with Gasteiger partial charge in [-0.15, -0.1) is 0 Å². The summed E-state index contributed by atoms with van der Waals surface area (Å²) in [4.78, 5) is 0. The molecule has 0 heterocycles. The number of fused-ring (bicyclic) bond motifs is 7. The number of hydrogen-bond donors (Lipinski definition) is 2. The van der Waals surface area contributed by atoms with Gasteiger partial charge in [-0.05, 0) is 110 Å². The first-order chi connectivity index (χ1) is 14.4. The number of rotatable bonds is 1. The largest absolute Gasteiger partial charge is 0.396 e. The summed E-state index contributed by atoms with van der Waals surface area (Å²) in [5.74, 6) is 2.72. The zero-order valence-electron chi connectivity index (χ0n) is 21.1. The standard InChI is InChI=1S/C29H48O2/c1-25(2)15-16-29(18-30)14-9-20-19(21(29)17-25)7-8-23-27(20,5)12-10-22-26(3,4)24(31)11-13-28(22,23)6/h9,19,21-24,30-31H,7-8,10-18H2,1-6H3. The predicted octanol–water partition coefficient (Wildman–Crippen LogP) is 6.75. The van der Waals surface area contributed by atoms with E-state index in [1.165, 1.54) is 51.4 Å². The maximum atomic E-state index is 10.8. The van der Waals surface area contributed by atoms with Gasteiger partial charge in [0.25, 0.3) is 0 Å². The second-order valence-corrected chi connectivity index (χ2v) is 14.5. The molecule has 0 aromatic heterocycles. The van der Waals surface area contributed by atoms with E-state index < -0.39 is 0 Å². The molecule has 8 atom stereocenters. The Morgan fingerprint density at radius 1 is 0.871 bits per heavy atom. The molecule has 5 aliphatic rings. The van der Waals surface area contributed by atoms with Crippen molar-refractivity contribution in [1.29, 1.82) is 0 Å². The molecule has 2 N–H and O–H groups in total. The van der Waals surface area contributed by atoms with E-state index in [1.54, 1.807) is 5.57 Å². The molecule has 2 heteroatoms. The first-order valence-corrected chi connectivity index (χ1v) is 13.4. The summed E-state index contributed by atoms with van der Waals surface area (Å²) in [5, 5.41) is 21.4. The van der Waals surface area contributed by atoms with Crippen LogP contribution in [-0.2, 0) is 0 Å². The molecule has 8 unspecified atom stereocenters. The van der Waals surface area contributed by atoms with E-state index >= 15 is 0 Å². The molecule has 0 spiro atoms. The van der Waals surface area contributed by atoms with Gasteiger partial charge in [0, 0.05) is 12.0 Å². The van der Waals surface area contributed by atoms with Crippen molar-refractivity contribution in [3.05, 3.63) is 11.6 Å². The minimum absolute atomic E-state index is 0.0333. The third-order valence-electron chi connectivity index (χ3n) is 12.2. The minimum Gasteiger partial charge on any atom is -0.396 e. The average Bonchev–Trinajstić information content (AvgIpc) is 2.70. The van der Waals surface area contributed by atoms with Crippen molar-refractivity contribution in [2.24, 2.45) is 50.7 Å². The lowest BCUT2D eigenvalue weighted by Gasteiger charge is -2.68. The summed E-state index contributed by atoms with van der Waals surface area (Å²) in [6.07, 6.45) is 14.7. The van der Waals surface area contributed by atoms with Gasteiger partial charge >= 0.3 is 0 Å². The fourth-order valence-corrected chi connectivity index (χ4v) is 10.3. The van der Waals surface area contributed by atoms with Crippen LogP contribution in [0.2, 0.25) is 0 Å². The quantitative estimate of drug-likeness (QED) is 0.453. The SMILES string of the molecule is CC1(C)CCC2(CO)CC=C3C(CCC4C3(C)CCC3C(C)(C)C(O)CCC43C)C2C1. The number of aliphatic hydroxyl groups is 2. The number of hydrogen-bond acceptors (Lipinski definition) is 2.